The Balaban J connectivity index is 3.47. The smallest absolute Gasteiger partial charge is 0.265 e. The van der Waals surface area contributed by atoms with Gasteiger partial charge in [-0.3, -0.25) is 4.79 Å². The summed E-state index contributed by atoms with van der Waals surface area (Å²) >= 11 is 1.77. The second kappa shape index (κ2) is 4.66. The van der Waals surface area contributed by atoms with Crippen LogP contribution in [0.5, 0.6) is 0 Å². The van der Waals surface area contributed by atoms with Crippen molar-refractivity contribution in [3.8, 4) is 6.07 Å². The normalized spacial score (nSPS) is 10.1. The first kappa shape index (κ1) is 12.0. The standard InChI is InChI=1S/C10H6F2INO/c1-5(15)6-2-7(10(11)12)8(4-14)9(13)3-6/h2-3,10H,1H3. The van der Waals surface area contributed by atoms with Crippen molar-refractivity contribution in [2.75, 3.05) is 0 Å². The Morgan fingerprint density at radius 2 is 2.13 bits per heavy atom. The largest absolute Gasteiger partial charge is 0.295 e. The van der Waals surface area contributed by atoms with Crippen LogP contribution >= 0.6 is 22.6 Å². The molecule has 1 aromatic carbocycles. The fraction of sp³-hybridized carbons (Fsp3) is 0.200. The van der Waals surface area contributed by atoms with Crippen LogP contribution in [0.25, 0.3) is 0 Å². The molecule has 0 aliphatic carbocycles. The zero-order chi connectivity index (χ0) is 11.6. The van der Waals surface area contributed by atoms with Gasteiger partial charge in [0.1, 0.15) is 6.07 Å². The lowest BCUT2D eigenvalue weighted by molar-refractivity contribution is 0.101. The average Bonchev–Trinajstić information content (AvgIpc) is 2.16. The Labute approximate surface area is 99.0 Å². The number of hydrogen-bond acceptors (Lipinski definition) is 2. The van der Waals surface area contributed by atoms with Crippen molar-refractivity contribution in [2.45, 2.75) is 13.3 Å². The number of nitriles is 1. The summed E-state index contributed by atoms with van der Waals surface area (Å²) in [7, 11) is 0. The molecule has 0 N–H and O–H groups in total. The molecule has 0 bridgehead atoms. The van der Waals surface area contributed by atoms with E-state index in [1.807, 2.05) is 0 Å². The molecule has 0 atom stereocenters. The van der Waals surface area contributed by atoms with Crippen LogP contribution in [0.15, 0.2) is 12.1 Å². The molecule has 0 heterocycles. The number of carbonyl (C=O) groups is 1. The van der Waals surface area contributed by atoms with Gasteiger partial charge in [0.05, 0.1) is 5.56 Å². The van der Waals surface area contributed by atoms with Crippen molar-refractivity contribution < 1.29 is 13.6 Å². The van der Waals surface area contributed by atoms with Crippen molar-refractivity contribution >= 4 is 28.4 Å². The minimum absolute atomic E-state index is 0.0596. The summed E-state index contributed by atoms with van der Waals surface area (Å²) in [6.07, 6.45) is -2.74. The number of alkyl halides is 2. The molecule has 0 aliphatic heterocycles. The zero-order valence-electron chi connectivity index (χ0n) is 7.72. The predicted octanol–water partition coefficient (Wildman–Crippen LogP) is 3.30. The van der Waals surface area contributed by atoms with Gasteiger partial charge in [-0.2, -0.15) is 5.26 Å². The SMILES string of the molecule is CC(=O)c1cc(I)c(C#N)c(C(F)F)c1. The molecule has 0 saturated carbocycles. The molecule has 5 heteroatoms. The fourth-order valence-corrected chi connectivity index (χ4v) is 1.89. The number of benzene rings is 1. The maximum absolute atomic E-state index is 12.6. The summed E-state index contributed by atoms with van der Waals surface area (Å²) in [6, 6.07) is 4.23. The van der Waals surface area contributed by atoms with Crippen LogP contribution in [0.2, 0.25) is 0 Å². The Morgan fingerprint density at radius 1 is 1.53 bits per heavy atom. The van der Waals surface area contributed by atoms with Crippen LogP contribution < -0.4 is 0 Å². The van der Waals surface area contributed by atoms with E-state index in [-0.39, 0.29) is 22.5 Å². The minimum atomic E-state index is -2.74. The first-order valence-corrected chi connectivity index (χ1v) is 5.08. The molecule has 0 radical (unpaired) electrons. The molecule has 78 valence electrons. The Hall–Kier alpha value is -1.03. The van der Waals surface area contributed by atoms with Crippen LogP contribution in [-0.4, -0.2) is 5.78 Å². The molecule has 1 rings (SSSR count). The van der Waals surface area contributed by atoms with E-state index >= 15 is 0 Å². The first-order valence-electron chi connectivity index (χ1n) is 4.00. The summed E-state index contributed by atoms with van der Waals surface area (Å²) in [5.41, 5.74) is -0.237. The number of ketones is 1. The third-order valence-electron chi connectivity index (χ3n) is 1.87. The van der Waals surface area contributed by atoms with Gasteiger partial charge in [-0.25, -0.2) is 8.78 Å². The predicted molar refractivity (Wildman–Crippen MR) is 58.8 cm³/mol. The Kier molecular flexibility index (Phi) is 3.74. The van der Waals surface area contributed by atoms with Gasteiger partial charge >= 0.3 is 0 Å². The third-order valence-corrected chi connectivity index (χ3v) is 2.72. The molecule has 0 amide bonds. The van der Waals surface area contributed by atoms with Gasteiger partial charge in [-0.15, -0.1) is 0 Å². The highest BCUT2D eigenvalue weighted by molar-refractivity contribution is 14.1. The van der Waals surface area contributed by atoms with Gasteiger partial charge < -0.3 is 0 Å². The van der Waals surface area contributed by atoms with Gasteiger partial charge in [-0.05, 0) is 41.6 Å². The molecular weight excluding hydrogens is 315 g/mol. The average molecular weight is 321 g/mol. The van der Waals surface area contributed by atoms with Crippen LogP contribution in [-0.2, 0) is 0 Å². The third kappa shape index (κ3) is 2.50. The molecular formula is C10H6F2INO. The monoisotopic (exact) mass is 321 g/mol. The fourth-order valence-electron chi connectivity index (χ4n) is 1.12. The van der Waals surface area contributed by atoms with E-state index in [9.17, 15) is 13.6 Å². The highest BCUT2D eigenvalue weighted by Gasteiger charge is 2.18. The molecule has 2 nitrogen and oxygen atoms in total. The molecule has 0 aromatic heterocycles. The Bertz CT molecular complexity index is 451. The second-order valence-electron chi connectivity index (χ2n) is 2.89. The lowest BCUT2D eigenvalue weighted by atomic mass is 10.0. The van der Waals surface area contributed by atoms with Gasteiger partial charge in [0.2, 0.25) is 0 Å². The highest BCUT2D eigenvalue weighted by Crippen LogP contribution is 2.27. The lowest BCUT2D eigenvalue weighted by Gasteiger charge is -2.06. The number of Topliss-reactive ketones (excluding diaryl/α,β-unsaturated/α-hetero) is 1. The summed E-state index contributed by atoms with van der Waals surface area (Å²) < 4.78 is 25.5. The number of halogens is 3. The van der Waals surface area contributed by atoms with Crippen LogP contribution in [0.4, 0.5) is 8.78 Å². The number of nitrogens with zero attached hydrogens (tertiary/aromatic N) is 1. The first-order chi connectivity index (χ1) is 6.97. The van der Waals surface area contributed by atoms with Crippen molar-refractivity contribution in [3.63, 3.8) is 0 Å². The van der Waals surface area contributed by atoms with E-state index in [2.05, 4.69) is 0 Å². The van der Waals surface area contributed by atoms with E-state index in [1.165, 1.54) is 13.0 Å². The molecule has 0 saturated heterocycles. The number of carbonyl (C=O) groups excluding carboxylic acids is 1. The van der Waals surface area contributed by atoms with Gasteiger partial charge in [0.25, 0.3) is 6.43 Å². The van der Waals surface area contributed by atoms with Crippen LogP contribution in [0.3, 0.4) is 0 Å². The molecule has 0 spiro atoms. The highest BCUT2D eigenvalue weighted by atomic mass is 127. The summed E-state index contributed by atoms with van der Waals surface area (Å²) in [4.78, 5) is 11.0. The Morgan fingerprint density at radius 3 is 2.53 bits per heavy atom. The summed E-state index contributed by atoms with van der Waals surface area (Å²) in [5, 5.41) is 8.70. The van der Waals surface area contributed by atoms with Crippen LogP contribution in [0, 0.1) is 14.9 Å². The van der Waals surface area contributed by atoms with E-state index in [4.69, 9.17) is 5.26 Å². The van der Waals surface area contributed by atoms with Crippen molar-refractivity contribution in [2.24, 2.45) is 0 Å². The molecule has 0 aliphatic rings. The molecule has 1 aromatic rings. The lowest BCUT2D eigenvalue weighted by Crippen LogP contribution is -2.00. The van der Waals surface area contributed by atoms with Crippen molar-refractivity contribution in [3.05, 3.63) is 32.4 Å². The molecule has 15 heavy (non-hydrogen) atoms. The van der Waals surface area contributed by atoms with E-state index in [0.29, 0.717) is 3.57 Å². The minimum Gasteiger partial charge on any atom is -0.295 e. The number of rotatable bonds is 2. The van der Waals surface area contributed by atoms with Crippen molar-refractivity contribution in [1.29, 1.82) is 5.26 Å². The van der Waals surface area contributed by atoms with Gasteiger partial charge in [0.15, 0.2) is 5.78 Å². The second-order valence-corrected chi connectivity index (χ2v) is 4.05. The maximum atomic E-state index is 12.6. The van der Waals surface area contributed by atoms with E-state index < -0.39 is 6.43 Å². The zero-order valence-corrected chi connectivity index (χ0v) is 9.88. The van der Waals surface area contributed by atoms with Crippen LogP contribution in [0.1, 0.15) is 34.8 Å². The molecule has 0 unspecified atom stereocenters. The maximum Gasteiger partial charge on any atom is 0.265 e. The topological polar surface area (TPSA) is 40.9 Å². The van der Waals surface area contributed by atoms with Crippen molar-refractivity contribution in [1.82, 2.24) is 0 Å². The quantitative estimate of drug-likeness (QED) is 0.619. The summed E-state index contributed by atoms with van der Waals surface area (Å²) in [6.45, 7) is 1.30. The summed E-state index contributed by atoms with van der Waals surface area (Å²) in [5.74, 6) is -0.292. The van der Waals surface area contributed by atoms with E-state index in [1.54, 1.807) is 28.7 Å². The molecule has 0 fully saturated rings. The number of hydrogen-bond donors (Lipinski definition) is 0. The van der Waals surface area contributed by atoms with Gasteiger partial charge in [-0.1, -0.05) is 0 Å². The van der Waals surface area contributed by atoms with Gasteiger partial charge in [0, 0.05) is 14.7 Å². The van der Waals surface area contributed by atoms with E-state index in [0.717, 1.165) is 6.07 Å².